The Morgan fingerprint density at radius 2 is 1.71 bits per heavy atom. The van der Waals surface area contributed by atoms with Crippen LogP contribution in [0.1, 0.15) is 41.3 Å². The van der Waals surface area contributed by atoms with Gasteiger partial charge in [-0.3, -0.25) is 19.6 Å². The Kier molecular flexibility index (Phi) is 5.66. The van der Waals surface area contributed by atoms with Gasteiger partial charge in [-0.25, -0.2) is 4.98 Å². The van der Waals surface area contributed by atoms with E-state index in [0.717, 1.165) is 16.7 Å². The van der Waals surface area contributed by atoms with E-state index in [1.54, 1.807) is 11.8 Å². The summed E-state index contributed by atoms with van der Waals surface area (Å²) in [4.78, 5) is 36.4. The lowest BCUT2D eigenvalue weighted by Crippen LogP contribution is -2.31. The van der Waals surface area contributed by atoms with E-state index in [1.165, 1.54) is 4.52 Å². The SMILES string of the molecule is CCC(=O)N(Cc1ccc(C)cc1)c1nc2nc(C)c(Cc3ccccc3)c(=O)n2[nH]1. The zero-order chi connectivity index (χ0) is 22.0. The maximum absolute atomic E-state index is 13.2. The third kappa shape index (κ3) is 4.26. The predicted molar refractivity (Wildman–Crippen MR) is 120 cm³/mol. The summed E-state index contributed by atoms with van der Waals surface area (Å²) in [5.74, 6) is 0.481. The summed E-state index contributed by atoms with van der Waals surface area (Å²) >= 11 is 0. The minimum Gasteiger partial charge on any atom is -0.277 e. The van der Waals surface area contributed by atoms with Crippen LogP contribution in [0.25, 0.3) is 5.78 Å². The van der Waals surface area contributed by atoms with Crippen LogP contribution in [-0.4, -0.2) is 25.5 Å². The molecule has 0 aliphatic heterocycles. The molecule has 0 unspecified atom stereocenters. The quantitative estimate of drug-likeness (QED) is 0.522. The van der Waals surface area contributed by atoms with Crippen LogP contribution in [-0.2, 0) is 17.8 Å². The second-order valence-corrected chi connectivity index (χ2v) is 7.64. The van der Waals surface area contributed by atoms with Gasteiger partial charge in [0.2, 0.25) is 11.9 Å². The van der Waals surface area contributed by atoms with E-state index in [1.807, 2.05) is 68.4 Å². The molecule has 0 spiro atoms. The number of H-pyrrole nitrogens is 1. The van der Waals surface area contributed by atoms with Gasteiger partial charge in [-0.1, -0.05) is 67.1 Å². The van der Waals surface area contributed by atoms with Crippen molar-refractivity contribution in [2.75, 3.05) is 4.90 Å². The lowest BCUT2D eigenvalue weighted by Gasteiger charge is -2.19. The van der Waals surface area contributed by atoms with Crippen LogP contribution in [0.5, 0.6) is 0 Å². The molecule has 31 heavy (non-hydrogen) atoms. The molecule has 4 rings (SSSR count). The number of fused-ring (bicyclic) bond motifs is 1. The molecule has 2 aromatic carbocycles. The topological polar surface area (TPSA) is 83.4 Å². The van der Waals surface area contributed by atoms with Crippen molar-refractivity contribution in [3.63, 3.8) is 0 Å². The number of anilines is 1. The second kappa shape index (κ2) is 8.55. The Morgan fingerprint density at radius 3 is 2.39 bits per heavy atom. The molecule has 4 aromatic rings. The zero-order valence-electron chi connectivity index (χ0n) is 17.9. The van der Waals surface area contributed by atoms with Crippen LogP contribution >= 0.6 is 0 Å². The van der Waals surface area contributed by atoms with Gasteiger partial charge in [-0.15, -0.1) is 0 Å². The Labute approximate surface area is 180 Å². The van der Waals surface area contributed by atoms with Crippen molar-refractivity contribution in [3.05, 3.63) is 92.9 Å². The number of carbonyl (C=O) groups is 1. The van der Waals surface area contributed by atoms with Crippen LogP contribution in [0.3, 0.4) is 0 Å². The molecule has 7 heteroatoms. The fourth-order valence-corrected chi connectivity index (χ4v) is 3.52. The number of hydrogen-bond acceptors (Lipinski definition) is 4. The first-order valence-electron chi connectivity index (χ1n) is 10.3. The second-order valence-electron chi connectivity index (χ2n) is 7.64. The normalized spacial score (nSPS) is 11.1. The van der Waals surface area contributed by atoms with Gasteiger partial charge in [0.15, 0.2) is 0 Å². The number of carbonyl (C=O) groups excluding carboxylic acids is 1. The molecule has 0 atom stereocenters. The summed E-state index contributed by atoms with van der Waals surface area (Å²) in [5, 5.41) is 3.00. The van der Waals surface area contributed by atoms with Gasteiger partial charge < -0.3 is 0 Å². The van der Waals surface area contributed by atoms with E-state index in [0.29, 0.717) is 36.6 Å². The van der Waals surface area contributed by atoms with Crippen molar-refractivity contribution in [2.24, 2.45) is 0 Å². The Morgan fingerprint density at radius 1 is 1.00 bits per heavy atom. The highest BCUT2D eigenvalue weighted by molar-refractivity contribution is 5.91. The van der Waals surface area contributed by atoms with Gasteiger partial charge in [-0.2, -0.15) is 9.50 Å². The van der Waals surface area contributed by atoms with E-state index in [9.17, 15) is 9.59 Å². The number of aromatic nitrogens is 4. The van der Waals surface area contributed by atoms with Crippen molar-refractivity contribution in [1.82, 2.24) is 19.6 Å². The van der Waals surface area contributed by atoms with Crippen LogP contribution in [0.4, 0.5) is 5.95 Å². The van der Waals surface area contributed by atoms with Crippen molar-refractivity contribution in [3.8, 4) is 0 Å². The molecule has 1 N–H and O–H groups in total. The average Bonchev–Trinajstić information content (AvgIpc) is 3.20. The molecule has 0 aliphatic carbocycles. The molecule has 0 saturated heterocycles. The Hall–Kier alpha value is -3.74. The summed E-state index contributed by atoms with van der Waals surface area (Å²) in [6.45, 7) is 6.00. The van der Waals surface area contributed by atoms with Gasteiger partial charge in [-0.05, 0) is 25.0 Å². The van der Waals surface area contributed by atoms with E-state index in [4.69, 9.17) is 0 Å². The maximum Gasteiger partial charge on any atom is 0.277 e. The van der Waals surface area contributed by atoms with E-state index in [2.05, 4.69) is 15.1 Å². The Balaban J connectivity index is 1.74. The standard InChI is InChI=1S/C24H25N5O2/c1-4-21(30)28(15-19-12-10-16(2)11-13-19)24-26-23-25-17(3)20(22(31)29(23)27-24)14-18-8-6-5-7-9-18/h5-13H,4,14-15H2,1-3H3,(H,25,26,27). The molecule has 0 fully saturated rings. The molecule has 158 valence electrons. The lowest BCUT2D eigenvalue weighted by atomic mass is 10.1. The van der Waals surface area contributed by atoms with Crippen LogP contribution in [0, 0.1) is 13.8 Å². The highest BCUT2D eigenvalue weighted by Crippen LogP contribution is 2.17. The predicted octanol–water partition coefficient (Wildman–Crippen LogP) is 3.57. The molecule has 0 saturated carbocycles. The Bertz CT molecular complexity index is 1270. The molecule has 2 aromatic heterocycles. The number of amides is 1. The van der Waals surface area contributed by atoms with Crippen molar-refractivity contribution >= 4 is 17.6 Å². The number of nitrogens with one attached hydrogen (secondary N) is 1. The van der Waals surface area contributed by atoms with Crippen LogP contribution in [0.15, 0.2) is 59.4 Å². The molecular weight excluding hydrogens is 390 g/mol. The number of aryl methyl sites for hydroxylation is 2. The molecular formula is C24H25N5O2. The molecule has 0 bridgehead atoms. The molecule has 2 heterocycles. The van der Waals surface area contributed by atoms with Gasteiger partial charge in [0, 0.05) is 18.4 Å². The number of rotatable bonds is 6. The van der Waals surface area contributed by atoms with Crippen molar-refractivity contribution in [2.45, 2.75) is 40.2 Å². The van der Waals surface area contributed by atoms with E-state index >= 15 is 0 Å². The first-order valence-corrected chi connectivity index (χ1v) is 10.3. The lowest BCUT2D eigenvalue weighted by molar-refractivity contribution is -0.118. The largest absolute Gasteiger partial charge is 0.277 e. The highest BCUT2D eigenvalue weighted by Gasteiger charge is 2.21. The summed E-state index contributed by atoms with van der Waals surface area (Å²) in [6.07, 6.45) is 0.806. The molecule has 1 amide bonds. The van der Waals surface area contributed by atoms with E-state index in [-0.39, 0.29) is 17.2 Å². The zero-order valence-corrected chi connectivity index (χ0v) is 17.9. The maximum atomic E-state index is 13.2. The monoisotopic (exact) mass is 415 g/mol. The summed E-state index contributed by atoms with van der Waals surface area (Å²) in [5.41, 5.74) is 4.20. The number of benzene rings is 2. The van der Waals surface area contributed by atoms with Gasteiger partial charge in [0.05, 0.1) is 12.2 Å². The minimum atomic E-state index is -0.204. The summed E-state index contributed by atoms with van der Waals surface area (Å²) in [6, 6.07) is 17.8. The summed E-state index contributed by atoms with van der Waals surface area (Å²) < 4.78 is 1.33. The van der Waals surface area contributed by atoms with E-state index < -0.39 is 0 Å². The third-order valence-corrected chi connectivity index (χ3v) is 5.33. The third-order valence-electron chi connectivity index (χ3n) is 5.33. The number of hydrogen-bond donors (Lipinski definition) is 1. The molecule has 0 aliphatic rings. The molecule has 7 nitrogen and oxygen atoms in total. The fourth-order valence-electron chi connectivity index (χ4n) is 3.52. The van der Waals surface area contributed by atoms with Gasteiger partial charge >= 0.3 is 0 Å². The van der Waals surface area contributed by atoms with Gasteiger partial charge in [0.1, 0.15) is 0 Å². The summed E-state index contributed by atoms with van der Waals surface area (Å²) in [7, 11) is 0. The smallest absolute Gasteiger partial charge is 0.277 e. The first-order chi connectivity index (χ1) is 15.0. The average molecular weight is 415 g/mol. The number of aromatic amines is 1. The fraction of sp³-hybridized carbons (Fsp3) is 0.250. The first kappa shape index (κ1) is 20.5. The van der Waals surface area contributed by atoms with Crippen molar-refractivity contribution < 1.29 is 4.79 Å². The number of nitrogens with zero attached hydrogens (tertiary/aromatic N) is 4. The van der Waals surface area contributed by atoms with Crippen LogP contribution < -0.4 is 10.5 Å². The minimum absolute atomic E-state index is 0.0890. The van der Waals surface area contributed by atoms with Crippen LogP contribution in [0.2, 0.25) is 0 Å². The molecule has 0 radical (unpaired) electrons. The highest BCUT2D eigenvalue weighted by atomic mass is 16.2. The van der Waals surface area contributed by atoms with Gasteiger partial charge in [0.25, 0.3) is 11.3 Å². The van der Waals surface area contributed by atoms with Crippen molar-refractivity contribution in [1.29, 1.82) is 0 Å².